The highest BCUT2D eigenvalue weighted by Crippen LogP contribution is 2.29. The number of amides is 1. The Hall–Kier alpha value is -1.75. The van der Waals surface area contributed by atoms with E-state index in [1.54, 1.807) is 32.2 Å². The molecule has 0 saturated carbocycles. The number of ether oxygens (including phenoxy) is 2. The smallest absolute Gasteiger partial charge is 0.260 e. The van der Waals surface area contributed by atoms with Gasteiger partial charge in [-0.2, -0.15) is 0 Å². The average Bonchev–Trinajstić information content (AvgIpc) is 2.98. The summed E-state index contributed by atoms with van der Waals surface area (Å²) in [5.41, 5.74) is 0.653. The molecule has 0 radical (unpaired) electrons. The first-order valence-corrected chi connectivity index (χ1v) is 6.88. The van der Waals surface area contributed by atoms with Crippen molar-refractivity contribution in [3.63, 3.8) is 0 Å². The van der Waals surface area contributed by atoms with Crippen molar-refractivity contribution in [2.75, 3.05) is 26.8 Å². The van der Waals surface area contributed by atoms with Crippen LogP contribution in [0.15, 0.2) is 18.2 Å². The Morgan fingerprint density at radius 3 is 2.70 bits per heavy atom. The van der Waals surface area contributed by atoms with Gasteiger partial charge in [-0.15, -0.1) is 0 Å². The fraction of sp³-hybridized carbons (Fsp3) is 0.533. The normalized spacial score (nSPS) is 16.1. The fourth-order valence-corrected chi connectivity index (χ4v) is 2.31. The molecule has 0 aliphatic carbocycles. The molecule has 0 unspecified atom stereocenters. The molecule has 1 saturated heterocycles. The van der Waals surface area contributed by atoms with Crippen LogP contribution in [0.2, 0.25) is 0 Å². The van der Waals surface area contributed by atoms with Gasteiger partial charge in [0.25, 0.3) is 5.91 Å². The van der Waals surface area contributed by atoms with E-state index in [0.29, 0.717) is 17.1 Å². The molecular weight excluding hydrogens is 258 g/mol. The highest BCUT2D eigenvalue weighted by atomic mass is 16.5. The molecule has 0 bridgehead atoms. The van der Waals surface area contributed by atoms with Crippen LogP contribution in [-0.2, 0) is 4.79 Å². The molecule has 0 spiro atoms. The Bertz CT molecular complexity index is 467. The average molecular weight is 279 g/mol. The lowest BCUT2D eigenvalue weighted by molar-refractivity contribution is -0.132. The number of aliphatic hydroxyl groups excluding tert-OH is 1. The van der Waals surface area contributed by atoms with Crippen LogP contribution in [0.25, 0.3) is 0 Å². The van der Waals surface area contributed by atoms with E-state index in [2.05, 4.69) is 0 Å². The standard InChI is InChI=1S/C15H21NO4/c1-11(17)13-6-5-12(19-2)9-14(13)20-10-15(18)16-7-3-4-8-16/h5-6,9,11,17H,3-4,7-8,10H2,1-2H3/t11-/m0/s1. The molecule has 1 aromatic rings. The molecule has 20 heavy (non-hydrogen) atoms. The Labute approximate surface area is 119 Å². The Balaban J connectivity index is 2.04. The van der Waals surface area contributed by atoms with Crippen molar-refractivity contribution in [2.24, 2.45) is 0 Å². The van der Waals surface area contributed by atoms with E-state index in [0.717, 1.165) is 25.9 Å². The summed E-state index contributed by atoms with van der Waals surface area (Å²) in [7, 11) is 1.57. The minimum atomic E-state index is -0.655. The molecule has 5 heteroatoms. The van der Waals surface area contributed by atoms with Crippen LogP contribution in [0.3, 0.4) is 0 Å². The molecule has 1 fully saturated rings. The maximum atomic E-state index is 12.0. The molecule has 5 nitrogen and oxygen atoms in total. The number of benzene rings is 1. The summed E-state index contributed by atoms with van der Waals surface area (Å²) in [6.45, 7) is 3.27. The molecule has 110 valence electrons. The van der Waals surface area contributed by atoms with Crippen molar-refractivity contribution >= 4 is 5.91 Å². The highest BCUT2D eigenvalue weighted by molar-refractivity contribution is 5.78. The van der Waals surface area contributed by atoms with Gasteiger partial charge in [-0.25, -0.2) is 0 Å². The molecule has 1 aromatic carbocycles. The Morgan fingerprint density at radius 2 is 2.10 bits per heavy atom. The summed E-state index contributed by atoms with van der Waals surface area (Å²) >= 11 is 0. The van der Waals surface area contributed by atoms with Crippen LogP contribution < -0.4 is 9.47 Å². The second-order valence-electron chi connectivity index (χ2n) is 4.96. The van der Waals surface area contributed by atoms with E-state index in [1.165, 1.54) is 0 Å². The lowest BCUT2D eigenvalue weighted by Crippen LogP contribution is -2.32. The topological polar surface area (TPSA) is 59.0 Å². The summed E-state index contributed by atoms with van der Waals surface area (Å²) in [4.78, 5) is 13.8. The predicted octanol–water partition coefficient (Wildman–Crippen LogP) is 1.75. The van der Waals surface area contributed by atoms with Gasteiger partial charge in [0.05, 0.1) is 13.2 Å². The first-order chi connectivity index (χ1) is 9.61. The van der Waals surface area contributed by atoms with Gasteiger partial charge in [0.1, 0.15) is 11.5 Å². The summed E-state index contributed by atoms with van der Waals surface area (Å²) in [5, 5.41) is 9.73. The monoisotopic (exact) mass is 279 g/mol. The van der Waals surface area contributed by atoms with Crippen molar-refractivity contribution < 1.29 is 19.4 Å². The molecule has 1 aliphatic rings. The number of carbonyl (C=O) groups is 1. The van der Waals surface area contributed by atoms with Crippen molar-refractivity contribution in [2.45, 2.75) is 25.9 Å². The molecule has 1 heterocycles. The molecule has 1 amide bonds. The van der Waals surface area contributed by atoms with Crippen molar-refractivity contribution in [1.82, 2.24) is 4.90 Å². The first-order valence-electron chi connectivity index (χ1n) is 6.88. The van der Waals surface area contributed by atoms with Crippen LogP contribution >= 0.6 is 0 Å². The zero-order chi connectivity index (χ0) is 14.5. The Kier molecular flexibility index (Phi) is 4.84. The number of aliphatic hydroxyl groups is 1. The second-order valence-corrected chi connectivity index (χ2v) is 4.96. The van der Waals surface area contributed by atoms with E-state index < -0.39 is 6.10 Å². The van der Waals surface area contributed by atoms with Crippen LogP contribution in [0, 0.1) is 0 Å². The molecule has 1 atom stereocenters. The van der Waals surface area contributed by atoms with Gasteiger partial charge < -0.3 is 19.5 Å². The fourth-order valence-electron chi connectivity index (χ4n) is 2.31. The quantitative estimate of drug-likeness (QED) is 0.892. The number of likely N-dealkylation sites (tertiary alicyclic amines) is 1. The number of hydrogen-bond acceptors (Lipinski definition) is 4. The second kappa shape index (κ2) is 6.61. The van der Waals surface area contributed by atoms with Crippen molar-refractivity contribution in [1.29, 1.82) is 0 Å². The van der Waals surface area contributed by atoms with Gasteiger partial charge >= 0.3 is 0 Å². The minimum Gasteiger partial charge on any atom is -0.497 e. The zero-order valence-corrected chi connectivity index (χ0v) is 12.0. The van der Waals surface area contributed by atoms with E-state index in [1.807, 2.05) is 4.90 Å². The zero-order valence-electron chi connectivity index (χ0n) is 12.0. The lowest BCUT2D eigenvalue weighted by atomic mass is 10.1. The maximum absolute atomic E-state index is 12.0. The van der Waals surface area contributed by atoms with Gasteiger partial charge in [-0.3, -0.25) is 4.79 Å². The third-order valence-corrected chi connectivity index (χ3v) is 3.48. The van der Waals surface area contributed by atoms with E-state index in [9.17, 15) is 9.90 Å². The lowest BCUT2D eigenvalue weighted by Gasteiger charge is -2.18. The Morgan fingerprint density at radius 1 is 1.40 bits per heavy atom. The third kappa shape index (κ3) is 3.42. The molecular formula is C15H21NO4. The number of rotatable bonds is 5. The molecule has 0 aromatic heterocycles. The maximum Gasteiger partial charge on any atom is 0.260 e. The number of nitrogens with zero attached hydrogens (tertiary/aromatic N) is 1. The van der Waals surface area contributed by atoms with Crippen LogP contribution in [-0.4, -0.2) is 42.7 Å². The SMILES string of the molecule is COc1ccc([C@H](C)O)c(OCC(=O)N2CCCC2)c1. The van der Waals surface area contributed by atoms with Crippen LogP contribution in [0.5, 0.6) is 11.5 Å². The number of methoxy groups -OCH3 is 1. The summed E-state index contributed by atoms with van der Waals surface area (Å²) in [6.07, 6.45) is 1.46. The summed E-state index contributed by atoms with van der Waals surface area (Å²) < 4.78 is 10.7. The minimum absolute atomic E-state index is 0.00706. The highest BCUT2D eigenvalue weighted by Gasteiger charge is 2.19. The van der Waals surface area contributed by atoms with Gasteiger partial charge in [-0.05, 0) is 31.9 Å². The van der Waals surface area contributed by atoms with Gasteiger partial charge in [0, 0.05) is 24.7 Å². The third-order valence-electron chi connectivity index (χ3n) is 3.48. The van der Waals surface area contributed by atoms with Gasteiger partial charge in [0.2, 0.25) is 0 Å². The van der Waals surface area contributed by atoms with E-state index in [4.69, 9.17) is 9.47 Å². The van der Waals surface area contributed by atoms with Crippen LogP contribution in [0.4, 0.5) is 0 Å². The van der Waals surface area contributed by atoms with Crippen molar-refractivity contribution in [3.8, 4) is 11.5 Å². The summed E-state index contributed by atoms with van der Waals surface area (Å²) in [5.74, 6) is 1.12. The van der Waals surface area contributed by atoms with E-state index >= 15 is 0 Å². The molecule has 1 aliphatic heterocycles. The van der Waals surface area contributed by atoms with E-state index in [-0.39, 0.29) is 12.5 Å². The van der Waals surface area contributed by atoms with Crippen LogP contribution in [0.1, 0.15) is 31.4 Å². The summed E-state index contributed by atoms with van der Waals surface area (Å²) in [6, 6.07) is 5.20. The molecule has 1 N–H and O–H groups in total. The van der Waals surface area contributed by atoms with Gasteiger partial charge in [-0.1, -0.05) is 0 Å². The van der Waals surface area contributed by atoms with Gasteiger partial charge in [0.15, 0.2) is 6.61 Å². The number of hydrogen-bond donors (Lipinski definition) is 1. The number of carbonyl (C=O) groups excluding carboxylic acids is 1. The predicted molar refractivity (Wildman–Crippen MR) is 74.9 cm³/mol. The molecule has 2 rings (SSSR count). The van der Waals surface area contributed by atoms with Crippen molar-refractivity contribution in [3.05, 3.63) is 23.8 Å². The largest absolute Gasteiger partial charge is 0.497 e. The first kappa shape index (κ1) is 14.7.